The van der Waals surface area contributed by atoms with Gasteiger partial charge < -0.3 is 15.7 Å². The Morgan fingerprint density at radius 2 is 2.36 bits per heavy atom. The highest BCUT2D eigenvalue weighted by Crippen LogP contribution is 2.27. The van der Waals surface area contributed by atoms with Gasteiger partial charge in [0.1, 0.15) is 0 Å². The molecule has 0 saturated carbocycles. The standard InChI is InChI=1S/C7H12N2O2/c10-7(11)9-6-3-4-1-2-5(6)8-4/h4-6,8-9H,1-3H2,(H,10,11)/t4-,5+,6+/m1/s1. The van der Waals surface area contributed by atoms with Crippen LogP contribution in [-0.4, -0.2) is 29.3 Å². The summed E-state index contributed by atoms with van der Waals surface area (Å²) in [6.45, 7) is 0. The van der Waals surface area contributed by atoms with Crippen molar-refractivity contribution in [1.82, 2.24) is 10.6 Å². The molecule has 2 heterocycles. The molecule has 0 radical (unpaired) electrons. The molecule has 4 nitrogen and oxygen atoms in total. The Bertz CT molecular complexity index is 183. The predicted molar refractivity (Wildman–Crippen MR) is 39.5 cm³/mol. The molecule has 1 amide bonds. The van der Waals surface area contributed by atoms with Gasteiger partial charge in [0.15, 0.2) is 0 Å². The van der Waals surface area contributed by atoms with Gasteiger partial charge in [-0.05, 0) is 19.3 Å². The quantitative estimate of drug-likeness (QED) is 0.506. The molecule has 11 heavy (non-hydrogen) atoms. The van der Waals surface area contributed by atoms with Gasteiger partial charge in [0, 0.05) is 18.1 Å². The van der Waals surface area contributed by atoms with Crippen LogP contribution in [0.4, 0.5) is 4.79 Å². The van der Waals surface area contributed by atoms with Gasteiger partial charge in [-0.2, -0.15) is 0 Å². The normalized spacial score (nSPS) is 40.9. The van der Waals surface area contributed by atoms with Crippen LogP contribution >= 0.6 is 0 Å². The first-order valence-corrected chi connectivity index (χ1v) is 4.01. The maximum atomic E-state index is 10.3. The average molecular weight is 156 g/mol. The lowest BCUT2D eigenvalue weighted by Gasteiger charge is -2.19. The van der Waals surface area contributed by atoms with Gasteiger partial charge >= 0.3 is 6.09 Å². The number of amides is 1. The van der Waals surface area contributed by atoms with Gasteiger partial charge in [-0.1, -0.05) is 0 Å². The van der Waals surface area contributed by atoms with E-state index in [2.05, 4.69) is 10.6 Å². The second-order valence-electron chi connectivity index (χ2n) is 3.34. The molecule has 2 bridgehead atoms. The van der Waals surface area contributed by atoms with E-state index in [1.165, 1.54) is 6.42 Å². The summed E-state index contributed by atoms with van der Waals surface area (Å²) in [7, 11) is 0. The van der Waals surface area contributed by atoms with Crippen LogP contribution < -0.4 is 10.6 Å². The largest absolute Gasteiger partial charge is 0.465 e. The van der Waals surface area contributed by atoms with Crippen molar-refractivity contribution in [3.8, 4) is 0 Å². The third-order valence-corrected chi connectivity index (χ3v) is 2.61. The zero-order chi connectivity index (χ0) is 7.84. The molecule has 62 valence electrons. The first-order chi connectivity index (χ1) is 5.25. The highest BCUT2D eigenvalue weighted by molar-refractivity contribution is 5.65. The van der Waals surface area contributed by atoms with E-state index < -0.39 is 6.09 Å². The number of nitrogens with one attached hydrogen (secondary N) is 2. The van der Waals surface area contributed by atoms with Gasteiger partial charge in [-0.25, -0.2) is 4.79 Å². The molecule has 0 unspecified atom stereocenters. The highest BCUT2D eigenvalue weighted by atomic mass is 16.4. The van der Waals surface area contributed by atoms with Crippen molar-refractivity contribution in [3.05, 3.63) is 0 Å². The van der Waals surface area contributed by atoms with Crippen molar-refractivity contribution < 1.29 is 9.90 Å². The number of rotatable bonds is 1. The summed E-state index contributed by atoms with van der Waals surface area (Å²) in [5.74, 6) is 0. The zero-order valence-corrected chi connectivity index (χ0v) is 6.21. The van der Waals surface area contributed by atoms with E-state index in [1.807, 2.05) is 0 Å². The second kappa shape index (κ2) is 2.37. The fourth-order valence-electron chi connectivity index (χ4n) is 2.14. The van der Waals surface area contributed by atoms with Crippen LogP contribution in [-0.2, 0) is 0 Å². The zero-order valence-electron chi connectivity index (χ0n) is 6.21. The van der Waals surface area contributed by atoms with Crippen LogP contribution in [0.1, 0.15) is 19.3 Å². The van der Waals surface area contributed by atoms with E-state index in [4.69, 9.17) is 5.11 Å². The minimum absolute atomic E-state index is 0.159. The fraction of sp³-hybridized carbons (Fsp3) is 0.857. The first kappa shape index (κ1) is 6.91. The lowest BCUT2D eigenvalue weighted by molar-refractivity contribution is 0.187. The molecule has 0 aromatic rings. The van der Waals surface area contributed by atoms with E-state index in [9.17, 15) is 4.79 Å². The summed E-state index contributed by atoms with van der Waals surface area (Å²) in [6, 6.07) is 1.12. The Kier molecular flexibility index (Phi) is 1.49. The molecular weight excluding hydrogens is 144 g/mol. The fourth-order valence-corrected chi connectivity index (χ4v) is 2.14. The van der Waals surface area contributed by atoms with E-state index in [0.29, 0.717) is 12.1 Å². The van der Waals surface area contributed by atoms with E-state index in [0.717, 1.165) is 12.8 Å². The number of hydrogen-bond acceptors (Lipinski definition) is 2. The molecule has 2 saturated heterocycles. The molecule has 0 aromatic carbocycles. The minimum Gasteiger partial charge on any atom is -0.465 e. The van der Waals surface area contributed by atoms with Gasteiger partial charge in [-0.15, -0.1) is 0 Å². The van der Waals surface area contributed by atoms with Crippen LogP contribution in [0.2, 0.25) is 0 Å². The molecule has 0 aliphatic carbocycles. The molecule has 0 spiro atoms. The molecule has 3 N–H and O–H groups in total. The summed E-state index contributed by atoms with van der Waals surface area (Å²) in [4.78, 5) is 10.3. The Morgan fingerprint density at radius 3 is 2.82 bits per heavy atom. The van der Waals surface area contributed by atoms with Crippen molar-refractivity contribution in [2.75, 3.05) is 0 Å². The summed E-state index contributed by atoms with van der Waals surface area (Å²) in [5.41, 5.74) is 0. The molecular formula is C7H12N2O2. The smallest absolute Gasteiger partial charge is 0.404 e. The molecule has 0 aromatic heterocycles. The second-order valence-corrected chi connectivity index (χ2v) is 3.34. The summed E-state index contributed by atoms with van der Waals surface area (Å²) >= 11 is 0. The van der Waals surface area contributed by atoms with E-state index >= 15 is 0 Å². The molecule has 3 atom stereocenters. The van der Waals surface area contributed by atoms with Gasteiger partial charge in [-0.3, -0.25) is 0 Å². The van der Waals surface area contributed by atoms with Crippen LogP contribution in [0.3, 0.4) is 0 Å². The van der Waals surface area contributed by atoms with Gasteiger partial charge in [0.2, 0.25) is 0 Å². The number of fused-ring (bicyclic) bond motifs is 2. The number of carbonyl (C=O) groups is 1. The Hall–Kier alpha value is -0.770. The van der Waals surface area contributed by atoms with Gasteiger partial charge in [0.25, 0.3) is 0 Å². The van der Waals surface area contributed by atoms with Crippen molar-refractivity contribution >= 4 is 6.09 Å². The highest BCUT2D eigenvalue weighted by Gasteiger charge is 2.39. The third kappa shape index (κ3) is 1.18. The minimum atomic E-state index is -0.899. The van der Waals surface area contributed by atoms with Crippen molar-refractivity contribution in [1.29, 1.82) is 0 Å². The molecule has 2 rings (SSSR count). The van der Waals surface area contributed by atoms with Crippen molar-refractivity contribution in [2.45, 2.75) is 37.4 Å². The summed E-state index contributed by atoms with van der Waals surface area (Å²) in [5, 5.41) is 14.3. The predicted octanol–water partition coefficient (Wildman–Crippen LogP) is 0.147. The molecule has 2 aliphatic heterocycles. The topological polar surface area (TPSA) is 61.4 Å². The third-order valence-electron chi connectivity index (χ3n) is 2.61. The summed E-state index contributed by atoms with van der Waals surface area (Å²) in [6.07, 6.45) is 2.40. The Labute approximate surface area is 65.0 Å². The maximum absolute atomic E-state index is 10.3. The molecule has 2 aliphatic rings. The van der Waals surface area contributed by atoms with E-state index in [-0.39, 0.29) is 6.04 Å². The molecule has 2 fully saturated rings. The van der Waals surface area contributed by atoms with Crippen LogP contribution in [0, 0.1) is 0 Å². The monoisotopic (exact) mass is 156 g/mol. The SMILES string of the molecule is O=C(O)N[C@H]1C[C@H]2CC[C@@H]1N2. The average Bonchev–Trinajstić information content (AvgIpc) is 2.45. The van der Waals surface area contributed by atoms with Crippen LogP contribution in [0.15, 0.2) is 0 Å². The van der Waals surface area contributed by atoms with E-state index in [1.54, 1.807) is 0 Å². The number of carboxylic acid groups (broad SMARTS) is 1. The van der Waals surface area contributed by atoms with Crippen LogP contribution in [0.25, 0.3) is 0 Å². The van der Waals surface area contributed by atoms with Crippen molar-refractivity contribution in [3.63, 3.8) is 0 Å². The van der Waals surface area contributed by atoms with Crippen LogP contribution in [0.5, 0.6) is 0 Å². The lowest BCUT2D eigenvalue weighted by Crippen LogP contribution is -2.42. The lowest BCUT2D eigenvalue weighted by atomic mass is 9.96. The maximum Gasteiger partial charge on any atom is 0.404 e. The van der Waals surface area contributed by atoms with Gasteiger partial charge in [0.05, 0.1) is 0 Å². The molecule has 4 heteroatoms. The number of hydrogen-bond donors (Lipinski definition) is 3. The first-order valence-electron chi connectivity index (χ1n) is 4.01. The Balaban J connectivity index is 1.92. The Morgan fingerprint density at radius 1 is 1.55 bits per heavy atom. The van der Waals surface area contributed by atoms with Crippen molar-refractivity contribution in [2.24, 2.45) is 0 Å². The summed E-state index contributed by atoms with van der Waals surface area (Å²) < 4.78 is 0.